The largest absolute Gasteiger partial charge is 0.458 e. The molecule has 0 aromatic heterocycles. The smallest absolute Gasteiger partial charge is 0.416 e. The molecule has 3 fully saturated rings. The van der Waals surface area contributed by atoms with Crippen LogP contribution in [0.2, 0.25) is 0 Å². The van der Waals surface area contributed by atoms with Crippen molar-refractivity contribution in [3.05, 3.63) is 34.9 Å². The minimum Gasteiger partial charge on any atom is -0.458 e. The molecule has 2 unspecified atom stereocenters. The van der Waals surface area contributed by atoms with Crippen molar-refractivity contribution in [3.8, 4) is 0 Å². The summed E-state index contributed by atoms with van der Waals surface area (Å²) in [5.74, 6) is -1.73. The van der Waals surface area contributed by atoms with E-state index in [2.05, 4.69) is 4.90 Å². The van der Waals surface area contributed by atoms with E-state index < -0.39 is 29.2 Å². The molecule has 0 aliphatic carbocycles. The van der Waals surface area contributed by atoms with Crippen molar-refractivity contribution in [3.63, 3.8) is 0 Å². The maximum absolute atomic E-state index is 13.7. The number of halogens is 3. The van der Waals surface area contributed by atoms with Crippen LogP contribution in [0.5, 0.6) is 0 Å². The van der Waals surface area contributed by atoms with Crippen LogP contribution in [-0.2, 0) is 38.3 Å². The number of esters is 1. The molecule has 1 amide bonds. The van der Waals surface area contributed by atoms with Gasteiger partial charge in [-0.2, -0.15) is 13.2 Å². The van der Waals surface area contributed by atoms with Crippen LogP contribution in [0.25, 0.3) is 0 Å². The molecule has 4 heterocycles. The van der Waals surface area contributed by atoms with Crippen molar-refractivity contribution >= 4 is 11.9 Å². The van der Waals surface area contributed by atoms with Gasteiger partial charge in [0.05, 0.1) is 17.4 Å². The Kier molecular flexibility index (Phi) is 5.68. The SMILES string of the molecule is CC1C(=O)OC2(CCN(C3CCOCC3)CC2)C1C(=O)N1Cc2ccc(C(F)(F)F)cc2C1. The number of fused-ring (bicyclic) bond motifs is 1. The van der Waals surface area contributed by atoms with Crippen LogP contribution in [0, 0.1) is 11.8 Å². The maximum Gasteiger partial charge on any atom is 0.416 e. The van der Waals surface area contributed by atoms with E-state index >= 15 is 0 Å². The Morgan fingerprint density at radius 3 is 2.42 bits per heavy atom. The van der Waals surface area contributed by atoms with Crippen molar-refractivity contribution in [1.82, 2.24) is 9.80 Å². The highest BCUT2D eigenvalue weighted by Gasteiger charge is 2.59. The maximum atomic E-state index is 13.7. The summed E-state index contributed by atoms with van der Waals surface area (Å²) in [6, 6.07) is 4.10. The minimum atomic E-state index is -4.42. The molecule has 2 atom stereocenters. The van der Waals surface area contributed by atoms with E-state index in [4.69, 9.17) is 9.47 Å². The zero-order valence-corrected chi connectivity index (χ0v) is 18.7. The van der Waals surface area contributed by atoms with Crippen LogP contribution in [-0.4, -0.2) is 59.6 Å². The summed E-state index contributed by atoms with van der Waals surface area (Å²) in [7, 11) is 0. The first-order valence-corrected chi connectivity index (χ1v) is 11.7. The van der Waals surface area contributed by atoms with E-state index in [-0.39, 0.29) is 25.0 Å². The summed E-state index contributed by atoms with van der Waals surface area (Å²) < 4.78 is 50.7. The third-order valence-electron chi connectivity index (χ3n) is 7.93. The van der Waals surface area contributed by atoms with Crippen molar-refractivity contribution in [2.45, 2.75) is 63.5 Å². The fraction of sp³-hybridized carbons (Fsp3) is 0.667. The Balaban J connectivity index is 1.32. The number of rotatable bonds is 2. The number of likely N-dealkylation sites (tertiary alicyclic amines) is 1. The molecule has 0 N–H and O–H groups in total. The average molecular weight is 467 g/mol. The summed E-state index contributed by atoms with van der Waals surface area (Å²) >= 11 is 0. The zero-order valence-electron chi connectivity index (χ0n) is 18.7. The van der Waals surface area contributed by atoms with Crippen LogP contribution in [0.4, 0.5) is 13.2 Å². The lowest BCUT2D eigenvalue weighted by molar-refractivity contribution is -0.159. The molecule has 5 rings (SSSR count). The number of ether oxygens (including phenoxy) is 2. The number of amides is 1. The highest BCUT2D eigenvalue weighted by molar-refractivity contribution is 5.89. The third kappa shape index (κ3) is 4.03. The number of hydrogen-bond acceptors (Lipinski definition) is 5. The molecule has 0 bridgehead atoms. The first kappa shape index (κ1) is 22.7. The molecule has 9 heteroatoms. The Hall–Kier alpha value is -2.13. The van der Waals surface area contributed by atoms with Gasteiger partial charge >= 0.3 is 12.1 Å². The van der Waals surface area contributed by atoms with Crippen LogP contribution >= 0.6 is 0 Å². The summed E-state index contributed by atoms with van der Waals surface area (Å²) in [5, 5.41) is 0. The molecule has 1 aromatic rings. The van der Waals surface area contributed by atoms with E-state index in [1.807, 2.05) is 0 Å². The molecule has 0 radical (unpaired) electrons. The molecular weight excluding hydrogens is 437 g/mol. The van der Waals surface area contributed by atoms with E-state index in [9.17, 15) is 22.8 Å². The second-order valence-corrected chi connectivity index (χ2v) is 9.81. The van der Waals surface area contributed by atoms with Gasteiger partial charge < -0.3 is 14.4 Å². The summed E-state index contributed by atoms with van der Waals surface area (Å²) in [5.41, 5.74) is -0.307. The number of carbonyl (C=O) groups is 2. The number of alkyl halides is 3. The predicted octanol–water partition coefficient (Wildman–Crippen LogP) is 3.37. The number of benzene rings is 1. The highest BCUT2D eigenvalue weighted by Crippen LogP contribution is 2.46. The lowest BCUT2D eigenvalue weighted by atomic mass is 9.74. The van der Waals surface area contributed by atoms with Gasteiger partial charge in [-0.3, -0.25) is 14.5 Å². The van der Waals surface area contributed by atoms with E-state index in [1.165, 1.54) is 6.07 Å². The van der Waals surface area contributed by atoms with Gasteiger partial charge in [0.25, 0.3) is 0 Å². The predicted molar refractivity (Wildman–Crippen MR) is 112 cm³/mol. The Morgan fingerprint density at radius 1 is 1.09 bits per heavy atom. The van der Waals surface area contributed by atoms with Crippen molar-refractivity contribution in [1.29, 1.82) is 0 Å². The van der Waals surface area contributed by atoms with Gasteiger partial charge in [0.2, 0.25) is 5.91 Å². The molecule has 180 valence electrons. The average Bonchev–Trinajstić information content (AvgIpc) is 3.32. The van der Waals surface area contributed by atoms with Crippen molar-refractivity contribution in [2.24, 2.45) is 11.8 Å². The number of piperidine rings is 1. The number of hydrogen-bond donors (Lipinski definition) is 0. The fourth-order valence-electron chi connectivity index (χ4n) is 6.04. The van der Waals surface area contributed by atoms with Gasteiger partial charge in [0, 0.05) is 58.3 Å². The van der Waals surface area contributed by atoms with Gasteiger partial charge in [-0.1, -0.05) is 13.0 Å². The van der Waals surface area contributed by atoms with Crippen LogP contribution in [0.1, 0.15) is 49.3 Å². The fourth-order valence-corrected chi connectivity index (χ4v) is 6.04. The molecule has 4 aliphatic heterocycles. The topological polar surface area (TPSA) is 59.1 Å². The molecule has 33 heavy (non-hydrogen) atoms. The molecular formula is C24H29F3N2O4. The van der Waals surface area contributed by atoms with Gasteiger partial charge in [-0.15, -0.1) is 0 Å². The molecule has 1 aromatic carbocycles. The second-order valence-electron chi connectivity index (χ2n) is 9.81. The van der Waals surface area contributed by atoms with E-state index in [0.717, 1.165) is 56.8 Å². The van der Waals surface area contributed by atoms with Crippen molar-refractivity contribution < 1.29 is 32.2 Å². The van der Waals surface area contributed by atoms with E-state index in [0.29, 0.717) is 24.4 Å². The summed E-state index contributed by atoms with van der Waals surface area (Å²) in [4.78, 5) is 30.2. The Labute approximate surface area is 191 Å². The molecule has 3 saturated heterocycles. The molecule has 4 aliphatic rings. The zero-order chi connectivity index (χ0) is 23.4. The first-order chi connectivity index (χ1) is 15.7. The summed E-state index contributed by atoms with van der Waals surface area (Å²) in [6.45, 7) is 5.13. The van der Waals surface area contributed by atoms with Gasteiger partial charge in [0.15, 0.2) is 0 Å². The quantitative estimate of drug-likeness (QED) is 0.626. The number of carbonyl (C=O) groups excluding carboxylic acids is 2. The Morgan fingerprint density at radius 2 is 1.76 bits per heavy atom. The Bertz CT molecular complexity index is 936. The van der Waals surface area contributed by atoms with Gasteiger partial charge in [-0.05, 0) is 36.1 Å². The standard InChI is InChI=1S/C24H29F3N2O4/c1-15-20(21(30)29-13-16-2-3-18(24(25,26)27)12-17(16)14-29)23(33-22(15)31)6-8-28(9-7-23)19-4-10-32-11-5-19/h2-3,12,15,19-20H,4-11,13-14H2,1H3. The molecule has 0 saturated carbocycles. The molecule has 6 nitrogen and oxygen atoms in total. The van der Waals surface area contributed by atoms with Crippen LogP contribution in [0.15, 0.2) is 18.2 Å². The number of nitrogens with zero attached hydrogens (tertiary/aromatic N) is 2. The van der Waals surface area contributed by atoms with Crippen LogP contribution < -0.4 is 0 Å². The van der Waals surface area contributed by atoms with E-state index in [1.54, 1.807) is 11.8 Å². The van der Waals surface area contributed by atoms with Gasteiger partial charge in [0.1, 0.15) is 5.60 Å². The highest BCUT2D eigenvalue weighted by atomic mass is 19.4. The van der Waals surface area contributed by atoms with Gasteiger partial charge in [-0.25, -0.2) is 0 Å². The molecule has 1 spiro atoms. The van der Waals surface area contributed by atoms with Crippen molar-refractivity contribution in [2.75, 3.05) is 26.3 Å². The third-order valence-corrected chi connectivity index (χ3v) is 7.93. The summed E-state index contributed by atoms with van der Waals surface area (Å²) in [6.07, 6.45) is -1.27. The second kappa shape index (κ2) is 8.27. The lowest BCUT2D eigenvalue weighted by Crippen LogP contribution is -2.55. The first-order valence-electron chi connectivity index (χ1n) is 11.7. The van der Waals surface area contributed by atoms with Crippen LogP contribution in [0.3, 0.4) is 0 Å². The normalized spacial score (nSPS) is 28.2. The monoisotopic (exact) mass is 466 g/mol. The minimum absolute atomic E-state index is 0.125. The lowest BCUT2D eigenvalue weighted by Gasteiger charge is -2.45.